The number of morpholine rings is 1. The minimum absolute atomic E-state index is 0.185. The highest BCUT2D eigenvalue weighted by Gasteiger charge is 2.56. The zero-order chi connectivity index (χ0) is 18.3. The Morgan fingerprint density at radius 2 is 2.00 bits per heavy atom. The van der Waals surface area contributed by atoms with Crippen LogP contribution in [-0.4, -0.2) is 52.7 Å². The number of amides is 1. The molecule has 1 unspecified atom stereocenters. The summed E-state index contributed by atoms with van der Waals surface area (Å²) in [4.78, 5) is 22.5. The predicted molar refractivity (Wildman–Crippen MR) is 103 cm³/mol. The van der Waals surface area contributed by atoms with Gasteiger partial charge in [0.15, 0.2) is 0 Å². The lowest BCUT2D eigenvalue weighted by Gasteiger charge is -2.60. The van der Waals surface area contributed by atoms with Gasteiger partial charge in [0.05, 0.1) is 29.5 Å². The van der Waals surface area contributed by atoms with Crippen molar-refractivity contribution >= 4 is 27.5 Å². The molecule has 140 valence electrons. The second-order valence-electron chi connectivity index (χ2n) is 9.22. The van der Waals surface area contributed by atoms with Crippen molar-refractivity contribution in [2.75, 3.05) is 18.1 Å². The minimum Gasteiger partial charge on any atom is -0.375 e. The first kappa shape index (κ1) is 17.1. The van der Waals surface area contributed by atoms with Crippen LogP contribution >= 0.6 is 15.9 Å². The average Bonchev–Trinajstić information content (AvgIpc) is 2.79. The number of fused-ring (bicyclic) bond motifs is 4. The van der Waals surface area contributed by atoms with Crippen LogP contribution in [0.15, 0.2) is 16.7 Å². The molecule has 6 rings (SSSR count). The van der Waals surface area contributed by atoms with E-state index in [0.29, 0.717) is 12.1 Å². The number of nitrogens with zero attached hydrogens (tertiary/aromatic N) is 3. The monoisotopic (exact) mass is 419 g/mol. The van der Waals surface area contributed by atoms with Crippen LogP contribution in [0.4, 0.5) is 5.69 Å². The van der Waals surface area contributed by atoms with Crippen LogP contribution in [-0.2, 0) is 14.9 Å². The summed E-state index contributed by atoms with van der Waals surface area (Å²) in [7, 11) is 0. The molecule has 0 aromatic carbocycles. The standard InChI is InChI=1S/C20H26BrN3O2/c1-19(2)17-16(6-12(21)9-22-17)24(18(19)25)14-7-20(3,8-14)23-10-15-5-4-13(23)11-26-15/h6,9,13-15H,4-5,7-8,10-11H2,1-3H3/t13?,14?,15-,20?/m0/s1. The van der Waals surface area contributed by atoms with Gasteiger partial charge in [-0.2, -0.15) is 0 Å². The van der Waals surface area contributed by atoms with Crippen molar-refractivity contribution in [3.05, 3.63) is 22.4 Å². The molecule has 1 amide bonds. The Hall–Kier alpha value is -0.980. The van der Waals surface area contributed by atoms with Crippen LogP contribution in [0.3, 0.4) is 0 Å². The van der Waals surface area contributed by atoms with Gasteiger partial charge in [0.25, 0.3) is 0 Å². The maximum absolute atomic E-state index is 13.2. The zero-order valence-electron chi connectivity index (χ0n) is 15.7. The molecule has 26 heavy (non-hydrogen) atoms. The number of carbonyl (C=O) groups excluding carboxylic acids is 1. The van der Waals surface area contributed by atoms with Crippen LogP contribution in [0.5, 0.6) is 0 Å². The summed E-state index contributed by atoms with van der Waals surface area (Å²) in [5, 5.41) is 0. The van der Waals surface area contributed by atoms with E-state index in [1.54, 1.807) is 6.20 Å². The third-order valence-electron chi connectivity index (χ3n) is 7.04. The normalized spacial score (nSPS) is 38.4. The highest BCUT2D eigenvalue weighted by molar-refractivity contribution is 9.10. The van der Waals surface area contributed by atoms with Gasteiger partial charge in [-0.25, -0.2) is 0 Å². The van der Waals surface area contributed by atoms with E-state index in [0.717, 1.165) is 41.8 Å². The number of pyridine rings is 1. The molecule has 0 radical (unpaired) electrons. The Labute approximate surface area is 163 Å². The van der Waals surface area contributed by atoms with E-state index >= 15 is 0 Å². The highest BCUT2D eigenvalue weighted by atomic mass is 79.9. The Kier molecular flexibility index (Phi) is 3.64. The summed E-state index contributed by atoms with van der Waals surface area (Å²) in [5.74, 6) is 0.189. The van der Waals surface area contributed by atoms with Gasteiger partial charge in [-0.1, -0.05) is 0 Å². The van der Waals surface area contributed by atoms with E-state index in [1.807, 2.05) is 18.7 Å². The molecular weight excluding hydrogens is 394 g/mol. The molecule has 4 aliphatic heterocycles. The van der Waals surface area contributed by atoms with Gasteiger partial charge in [-0.05, 0) is 68.5 Å². The average molecular weight is 420 g/mol. The van der Waals surface area contributed by atoms with Crippen molar-refractivity contribution in [1.82, 2.24) is 9.88 Å². The van der Waals surface area contributed by atoms with E-state index in [2.05, 4.69) is 38.8 Å². The van der Waals surface area contributed by atoms with Gasteiger partial charge < -0.3 is 9.64 Å². The fraction of sp³-hybridized carbons (Fsp3) is 0.700. The van der Waals surface area contributed by atoms with E-state index in [9.17, 15) is 4.79 Å². The fourth-order valence-corrected chi connectivity index (χ4v) is 5.87. The van der Waals surface area contributed by atoms with Gasteiger partial charge in [-0.3, -0.25) is 14.7 Å². The predicted octanol–water partition coefficient (Wildman–Crippen LogP) is 3.25. The van der Waals surface area contributed by atoms with E-state index in [-0.39, 0.29) is 17.5 Å². The first-order chi connectivity index (χ1) is 12.3. The highest BCUT2D eigenvalue weighted by Crippen LogP contribution is 2.50. The third-order valence-corrected chi connectivity index (χ3v) is 7.47. The van der Waals surface area contributed by atoms with Crippen LogP contribution in [0.1, 0.15) is 52.1 Å². The number of rotatable bonds is 2. The molecule has 6 heteroatoms. The SMILES string of the molecule is CC1(C)C(=O)N(C2CC(C)(N3C[C@@H]4CCC3CO4)C2)c2cc(Br)cnc21. The van der Waals surface area contributed by atoms with E-state index in [1.165, 1.54) is 12.8 Å². The molecule has 1 saturated carbocycles. The van der Waals surface area contributed by atoms with Crippen molar-refractivity contribution in [3.63, 3.8) is 0 Å². The van der Waals surface area contributed by atoms with Crippen LogP contribution < -0.4 is 4.90 Å². The van der Waals surface area contributed by atoms with E-state index < -0.39 is 5.41 Å². The topological polar surface area (TPSA) is 45.7 Å². The lowest BCUT2D eigenvalue weighted by atomic mass is 9.70. The molecular formula is C20H26BrN3O2. The molecule has 3 saturated heterocycles. The molecule has 1 aromatic heterocycles. The van der Waals surface area contributed by atoms with E-state index in [4.69, 9.17) is 4.74 Å². The fourth-order valence-electron chi connectivity index (χ4n) is 5.55. The molecule has 5 aliphatic rings. The maximum atomic E-state index is 13.2. The Bertz CT molecular complexity index is 766. The first-order valence-corrected chi connectivity index (χ1v) is 10.5. The Morgan fingerprint density at radius 3 is 2.62 bits per heavy atom. The van der Waals surface area contributed by atoms with Crippen molar-refractivity contribution < 1.29 is 9.53 Å². The largest absolute Gasteiger partial charge is 0.375 e. The van der Waals surface area contributed by atoms with Crippen molar-refractivity contribution in [3.8, 4) is 0 Å². The van der Waals surface area contributed by atoms with Gasteiger partial charge in [0, 0.05) is 34.8 Å². The Morgan fingerprint density at radius 1 is 1.23 bits per heavy atom. The molecule has 5 nitrogen and oxygen atoms in total. The van der Waals surface area contributed by atoms with Crippen LogP contribution in [0.2, 0.25) is 0 Å². The summed E-state index contributed by atoms with van der Waals surface area (Å²) in [6.45, 7) is 8.29. The van der Waals surface area contributed by atoms with Crippen molar-refractivity contribution in [2.24, 2.45) is 0 Å². The van der Waals surface area contributed by atoms with Crippen LogP contribution in [0.25, 0.3) is 0 Å². The number of hydrogen-bond donors (Lipinski definition) is 0. The summed E-state index contributed by atoms with van der Waals surface area (Å²) < 4.78 is 6.81. The molecule has 0 N–H and O–H groups in total. The second-order valence-corrected chi connectivity index (χ2v) is 10.1. The van der Waals surface area contributed by atoms with Crippen LogP contribution in [0, 0.1) is 0 Å². The quantitative estimate of drug-likeness (QED) is 0.737. The van der Waals surface area contributed by atoms with Crippen molar-refractivity contribution in [2.45, 2.75) is 75.6 Å². The molecule has 0 spiro atoms. The molecule has 2 bridgehead atoms. The number of halogens is 1. The number of aromatic nitrogens is 1. The lowest BCUT2D eigenvalue weighted by Crippen LogP contribution is -2.69. The van der Waals surface area contributed by atoms with Gasteiger partial charge in [-0.15, -0.1) is 0 Å². The van der Waals surface area contributed by atoms with Gasteiger partial charge in [0.1, 0.15) is 0 Å². The zero-order valence-corrected chi connectivity index (χ0v) is 17.3. The third kappa shape index (κ3) is 2.28. The molecule has 1 aromatic rings. The first-order valence-electron chi connectivity index (χ1n) is 9.68. The van der Waals surface area contributed by atoms with Gasteiger partial charge in [0.2, 0.25) is 5.91 Å². The van der Waals surface area contributed by atoms with Crippen molar-refractivity contribution in [1.29, 1.82) is 0 Å². The number of piperidine rings is 1. The molecule has 2 atom stereocenters. The Balaban J connectivity index is 1.40. The minimum atomic E-state index is -0.542. The smallest absolute Gasteiger partial charge is 0.239 e. The number of carbonyl (C=O) groups is 1. The number of hydrogen-bond acceptors (Lipinski definition) is 4. The molecule has 4 fully saturated rings. The summed E-state index contributed by atoms with van der Waals surface area (Å²) in [6, 6.07) is 2.88. The summed E-state index contributed by atoms with van der Waals surface area (Å²) in [5.41, 5.74) is 1.54. The summed E-state index contributed by atoms with van der Waals surface area (Å²) >= 11 is 3.52. The van der Waals surface area contributed by atoms with Gasteiger partial charge >= 0.3 is 0 Å². The number of anilines is 1. The number of ether oxygens (including phenoxy) is 1. The molecule has 5 heterocycles. The molecule has 1 aliphatic carbocycles. The second kappa shape index (κ2) is 5.52. The summed E-state index contributed by atoms with van der Waals surface area (Å²) in [6.07, 6.45) is 6.72. The lowest BCUT2D eigenvalue weighted by molar-refractivity contribution is -0.159. The maximum Gasteiger partial charge on any atom is 0.239 e.